The Hall–Kier alpha value is -3.17. The van der Waals surface area contributed by atoms with Gasteiger partial charge in [-0.05, 0) is 50.4 Å². The van der Waals surface area contributed by atoms with Crippen molar-refractivity contribution in [2.75, 3.05) is 52.2 Å². The Kier molecular flexibility index (Phi) is 5.82. The number of hydrogen-bond donors (Lipinski definition) is 2. The number of methoxy groups -OCH3 is 1. The number of likely N-dealkylation sites (N-methyl/N-ethyl adjacent to an activating group) is 1. The molecule has 0 bridgehead atoms. The normalized spacial score (nSPS) is 22.8. The first-order chi connectivity index (χ1) is 17.1. The number of nitrogens with zero attached hydrogens (tertiary/aromatic N) is 4. The van der Waals surface area contributed by atoms with Gasteiger partial charge in [-0.25, -0.2) is 9.97 Å². The Morgan fingerprint density at radius 1 is 1.23 bits per heavy atom. The van der Waals surface area contributed by atoms with Crippen molar-refractivity contribution >= 4 is 22.8 Å². The number of H-pyrrole nitrogens is 1. The third-order valence-electron chi connectivity index (χ3n) is 7.30. The molecule has 35 heavy (non-hydrogen) atoms. The van der Waals surface area contributed by atoms with Crippen LogP contribution in [-0.2, 0) is 4.79 Å². The van der Waals surface area contributed by atoms with Crippen LogP contribution >= 0.6 is 0 Å². The molecule has 9 nitrogen and oxygen atoms in total. The molecular weight excluding hydrogens is 444 g/mol. The molecule has 0 unspecified atom stereocenters. The average Bonchev–Trinajstić information content (AvgIpc) is 3.79. The molecule has 0 spiro atoms. The monoisotopic (exact) mass is 480 g/mol. The highest BCUT2D eigenvalue weighted by atomic mass is 16.5. The number of aromatic amines is 1. The fraction of sp³-hybridized carbons (Fsp3) is 0.500. The molecule has 2 atom stereocenters. The quantitative estimate of drug-likeness (QED) is 0.510. The SMILES string of the molecule is COc1nccc(OC2CC2)c1-c1c[nH]c2nc(NC(=O)[C@@H]3C[C@H]3CN3CCN(C)CC3)ccc12.[HH].[HH]. The number of carbonyl (C=O) groups is 1. The summed E-state index contributed by atoms with van der Waals surface area (Å²) in [6, 6.07) is 5.72. The van der Waals surface area contributed by atoms with Crippen LogP contribution in [0.3, 0.4) is 0 Å². The van der Waals surface area contributed by atoms with E-state index in [1.807, 2.05) is 24.4 Å². The van der Waals surface area contributed by atoms with Crippen molar-refractivity contribution in [2.45, 2.75) is 25.4 Å². The first kappa shape index (κ1) is 22.3. The van der Waals surface area contributed by atoms with E-state index >= 15 is 0 Å². The second-order valence-electron chi connectivity index (χ2n) is 10.0. The molecule has 2 N–H and O–H groups in total. The number of amides is 1. The number of pyridine rings is 2. The standard InChI is InChI=1S/C26H32N6O3.2H2/c1-31-9-11-32(12-10-31)15-16-13-19(16)25(33)30-22-6-5-18-20(14-28-24(18)29-22)23-21(35-17-3-4-17)7-8-27-26(23)34-2;;/h5-8,14,16-17,19H,3-4,9-13,15H2,1-2H3,(H2,28,29,30,33);2*1H/t16-,19+;;/m0../s1. The van der Waals surface area contributed by atoms with Gasteiger partial charge in [-0.15, -0.1) is 0 Å². The van der Waals surface area contributed by atoms with E-state index in [0.717, 1.165) is 74.2 Å². The van der Waals surface area contributed by atoms with Gasteiger partial charge in [0.15, 0.2) is 0 Å². The van der Waals surface area contributed by atoms with Gasteiger partial charge in [0.1, 0.15) is 17.2 Å². The van der Waals surface area contributed by atoms with E-state index in [9.17, 15) is 4.79 Å². The zero-order valence-electron chi connectivity index (χ0n) is 20.3. The minimum atomic E-state index is 0. The zero-order valence-corrected chi connectivity index (χ0v) is 20.3. The molecule has 0 radical (unpaired) electrons. The molecule has 3 aromatic rings. The maximum Gasteiger partial charge on any atom is 0.228 e. The minimum absolute atomic E-state index is 0. The van der Waals surface area contributed by atoms with Gasteiger partial charge in [-0.3, -0.25) is 4.79 Å². The molecule has 1 amide bonds. The fourth-order valence-corrected chi connectivity index (χ4v) is 4.93. The van der Waals surface area contributed by atoms with E-state index in [2.05, 4.69) is 37.1 Å². The van der Waals surface area contributed by atoms with Gasteiger partial charge in [0.25, 0.3) is 0 Å². The molecular formula is C26H36N6O3. The van der Waals surface area contributed by atoms with Gasteiger partial charge in [0, 0.05) is 64.8 Å². The van der Waals surface area contributed by atoms with Crippen LogP contribution in [-0.4, -0.2) is 83.6 Å². The van der Waals surface area contributed by atoms with Crippen molar-refractivity contribution < 1.29 is 17.1 Å². The van der Waals surface area contributed by atoms with Crippen LogP contribution in [0.4, 0.5) is 5.82 Å². The van der Waals surface area contributed by atoms with Gasteiger partial charge < -0.3 is 29.6 Å². The van der Waals surface area contributed by atoms with E-state index in [1.54, 1.807) is 13.3 Å². The molecule has 2 saturated carbocycles. The number of piperazine rings is 1. The van der Waals surface area contributed by atoms with Crippen molar-refractivity contribution in [2.24, 2.45) is 11.8 Å². The van der Waals surface area contributed by atoms with Crippen molar-refractivity contribution in [3.8, 4) is 22.8 Å². The predicted molar refractivity (Wildman–Crippen MR) is 138 cm³/mol. The summed E-state index contributed by atoms with van der Waals surface area (Å²) in [7, 11) is 3.78. The Balaban J connectivity index is 0.00000160. The number of carbonyl (C=O) groups excluding carboxylic acids is 1. The molecule has 1 saturated heterocycles. The van der Waals surface area contributed by atoms with Gasteiger partial charge in [0.05, 0.1) is 18.8 Å². The fourth-order valence-electron chi connectivity index (χ4n) is 4.93. The highest BCUT2D eigenvalue weighted by molar-refractivity contribution is 5.99. The Morgan fingerprint density at radius 3 is 2.83 bits per heavy atom. The van der Waals surface area contributed by atoms with Gasteiger partial charge >= 0.3 is 0 Å². The second-order valence-corrected chi connectivity index (χ2v) is 10.0. The van der Waals surface area contributed by atoms with Crippen LogP contribution in [0.5, 0.6) is 11.6 Å². The topological polar surface area (TPSA) is 95.6 Å². The zero-order chi connectivity index (χ0) is 23.9. The number of anilines is 1. The van der Waals surface area contributed by atoms with Crippen molar-refractivity contribution in [1.82, 2.24) is 24.8 Å². The van der Waals surface area contributed by atoms with Gasteiger partial charge in [0.2, 0.25) is 11.8 Å². The Labute approximate surface area is 207 Å². The predicted octanol–water partition coefficient (Wildman–Crippen LogP) is 3.49. The summed E-state index contributed by atoms with van der Waals surface area (Å²) in [5.41, 5.74) is 2.43. The smallest absolute Gasteiger partial charge is 0.228 e. The Morgan fingerprint density at radius 2 is 2.06 bits per heavy atom. The third kappa shape index (κ3) is 4.70. The second kappa shape index (κ2) is 9.13. The van der Waals surface area contributed by atoms with Crippen LogP contribution in [0.25, 0.3) is 22.2 Å². The summed E-state index contributed by atoms with van der Waals surface area (Å²) in [5.74, 6) is 2.43. The van der Waals surface area contributed by atoms with Crippen LogP contribution in [0.2, 0.25) is 0 Å². The molecule has 4 heterocycles. The van der Waals surface area contributed by atoms with E-state index in [0.29, 0.717) is 23.3 Å². The molecule has 2 aliphatic carbocycles. The van der Waals surface area contributed by atoms with E-state index in [-0.39, 0.29) is 20.8 Å². The molecule has 188 valence electrons. The van der Waals surface area contributed by atoms with E-state index in [1.165, 1.54) is 0 Å². The van der Waals surface area contributed by atoms with Crippen LogP contribution in [0.15, 0.2) is 30.6 Å². The van der Waals surface area contributed by atoms with Crippen molar-refractivity contribution in [3.05, 3.63) is 30.6 Å². The molecule has 3 aromatic heterocycles. The maximum atomic E-state index is 12.8. The lowest BCUT2D eigenvalue weighted by molar-refractivity contribution is -0.117. The summed E-state index contributed by atoms with van der Waals surface area (Å²) in [5, 5.41) is 3.95. The molecule has 3 fully saturated rings. The number of rotatable bonds is 8. The highest BCUT2D eigenvalue weighted by Gasteiger charge is 2.44. The minimum Gasteiger partial charge on any atom is -0.490 e. The molecule has 6 rings (SSSR count). The third-order valence-corrected chi connectivity index (χ3v) is 7.30. The summed E-state index contributed by atoms with van der Waals surface area (Å²) in [6.07, 6.45) is 6.95. The van der Waals surface area contributed by atoms with Gasteiger partial charge in [-0.2, -0.15) is 0 Å². The lowest BCUT2D eigenvalue weighted by atomic mass is 10.1. The number of ether oxygens (including phenoxy) is 2. The van der Waals surface area contributed by atoms with Gasteiger partial charge in [-0.1, -0.05) is 0 Å². The molecule has 1 aliphatic heterocycles. The largest absolute Gasteiger partial charge is 0.490 e. The first-order valence-corrected chi connectivity index (χ1v) is 12.5. The number of nitrogens with one attached hydrogen (secondary N) is 2. The highest BCUT2D eigenvalue weighted by Crippen LogP contribution is 2.43. The van der Waals surface area contributed by atoms with Crippen molar-refractivity contribution in [1.29, 1.82) is 0 Å². The van der Waals surface area contributed by atoms with Crippen molar-refractivity contribution in [3.63, 3.8) is 0 Å². The average molecular weight is 481 g/mol. The van der Waals surface area contributed by atoms with Crippen LogP contribution in [0, 0.1) is 11.8 Å². The first-order valence-electron chi connectivity index (χ1n) is 12.5. The number of fused-ring (bicyclic) bond motifs is 1. The van der Waals surface area contributed by atoms with Crippen LogP contribution < -0.4 is 14.8 Å². The molecule has 9 heteroatoms. The summed E-state index contributed by atoms with van der Waals surface area (Å²) in [6.45, 7) is 5.39. The molecule has 0 aromatic carbocycles. The van der Waals surface area contributed by atoms with E-state index < -0.39 is 0 Å². The summed E-state index contributed by atoms with van der Waals surface area (Å²) >= 11 is 0. The summed E-state index contributed by atoms with van der Waals surface area (Å²) < 4.78 is 11.7. The number of hydrogen-bond acceptors (Lipinski definition) is 7. The number of aromatic nitrogens is 3. The maximum absolute atomic E-state index is 12.8. The Bertz CT molecular complexity index is 1240. The lowest BCUT2D eigenvalue weighted by Gasteiger charge is -2.32. The van der Waals surface area contributed by atoms with Crippen LogP contribution in [0.1, 0.15) is 22.1 Å². The summed E-state index contributed by atoms with van der Waals surface area (Å²) in [4.78, 5) is 30.0. The van der Waals surface area contributed by atoms with E-state index in [4.69, 9.17) is 9.47 Å². The molecule has 3 aliphatic rings. The lowest BCUT2D eigenvalue weighted by Crippen LogP contribution is -2.45.